The minimum atomic E-state index is -0.496. The molecule has 0 heterocycles. The Labute approximate surface area is 128 Å². The fourth-order valence-electron chi connectivity index (χ4n) is 2.14. The van der Waals surface area contributed by atoms with Crippen molar-refractivity contribution in [1.82, 2.24) is 0 Å². The molecule has 0 aromatic heterocycles. The van der Waals surface area contributed by atoms with Gasteiger partial charge in [-0.3, -0.25) is 0 Å². The molecule has 114 valence electrons. The fourth-order valence-corrected chi connectivity index (χ4v) is 2.38. The maximum absolute atomic E-state index is 9.47. The van der Waals surface area contributed by atoms with Crippen LogP contribution in [0, 0.1) is 0 Å². The Kier molecular flexibility index (Phi) is 8.72. The van der Waals surface area contributed by atoms with Crippen molar-refractivity contribution in [1.29, 1.82) is 0 Å². The van der Waals surface area contributed by atoms with Gasteiger partial charge >= 0.3 is 0 Å². The van der Waals surface area contributed by atoms with Gasteiger partial charge in [-0.15, -0.1) is 0 Å². The lowest BCUT2D eigenvalue weighted by Crippen LogP contribution is -1.99. The number of aliphatic hydroxyl groups excluding tert-OH is 1. The minimum absolute atomic E-state index is 0.496. The fraction of sp³-hybridized carbons (Fsp3) is 0.647. The molecule has 0 radical (unpaired) electrons. The third-order valence-electron chi connectivity index (χ3n) is 3.44. The van der Waals surface area contributed by atoms with Gasteiger partial charge in [-0.2, -0.15) is 0 Å². The van der Waals surface area contributed by atoms with Gasteiger partial charge < -0.3 is 9.84 Å². The summed E-state index contributed by atoms with van der Waals surface area (Å²) < 4.78 is 5.69. The first-order valence-corrected chi connectivity index (χ1v) is 8.13. The maximum atomic E-state index is 9.47. The lowest BCUT2D eigenvalue weighted by atomic mass is 10.1. The van der Waals surface area contributed by atoms with Crippen molar-refractivity contribution < 1.29 is 9.84 Å². The summed E-state index contributed by atoms with van der Waals surface area (Å²) >= 11 is 6.13. The van der Waals surface area contributed by atoms with Crippen LogP contribution >= 0.6 is 11.6 Å². The van der Waals surface area contributed by atoms with Crippen LogP contribution < -0.4 is 4.74 Å². The normalized spacial score (nSPS) is 12.4. The van der Waals surface area contributed by atoms with Crippen LogP contribution in [0.1, 0.15) is 70.5 Å². The van der Waals surface area contributed by atoms with Gasteiger partial charge in [0.2, 0.25) is 0 Å². The SMILES string of the molecule is CCCCCCCCCOc1ccc(C(C)O)cc1Cl. The predicted octanol–water partition coefficient (Wildman–Crippen LogP) is 5.52. The summed E-state index contributed by atoms with van der Waals surface area (Å²) in [6.45, 7) is 4.67. The number of halogens is 1. The van der Waals surface area contributed by atoms with Gasteiger partial charge in [0.1, 0.15) is 5.75 Å². The summed E-state index contributed by atoms with van der Waals surface area (Å²) in [6.07, 6.45) is 8.41. The largest absolute Gasteiger partial charge is 0.492 e. The number of rotatable bonds is 10. The predicted molar refractivity (Wildman–Crippen MR) is 85.6 cm³/mol. The molecule has 0 aliphatic carbocycles. The van der Waals surface area contributed by atoms with Crippen LogP contribution in [0.2, 0.25) is 5.02 Å². The van der Waals surface area contributed by atoms with Gasteiger partial charge in [-0.05, 0) is 31.0 Å². The maximum Gasteiger partial charge on any atom is 0.137 e. The van der Waals surface area contributed by atoms with Crippen LogP contribution in [0.15, 0.2) is 18.2 Å². The molecule has 1 rings (SSSR count). The highest BCUT2D eigenvalue weighted by Gasteiger charge is 2.06. The summed E-state index contributed by atoms with van der Waals surface area (Å²) in [6, 6.07) is 5.47. The van der Waals surface area contributed by atoms with Crippen molar-refractivity contribution in [2.45, 2.75) is 64.9 Å². The highest BCUT2D eigenvalue weighted by Crippen LogP contribution is 2.28. The zero-order valence-electron chi connectivity index (χ0n) is 12.7. The van der Waals surface area contributed by atoms with Crippen LogP contribution in [0.4, 0.5) is 0 Å². The number of unbranched alkanes of at least 4 members (excludes halogenated alkanes) is 6. The second-order valence-corrected chi connectivity index (χ2v) is 5.74. The Morgan fingerprint density at radius 2 is 1.75 bits per heavy atom. The molecule has 0 aliphatic rings. The molecule has 1 atom stereocenters. The Morgan fingerprint density at radius 1 is 1.10 bits per heavy atom. The summed E-state index contributed by atoms with van der Waals surface area (Å²) in [5.41, 5.74) is 0.818. The molecule has 0 saturated carbocycles. The molecular formula is C17H27ClO2. The molecule has 1 aromatic carbocycles. The first-order valence-electron chi connectivity index (χ1n) is 7.75. The standard InChI is InChI=1S/C17H27ClO2/c1-3-4-5-6-7-8-9-12-20-17-11-10-15(14(2)19)13-16(17)18/h10-11,13-14,19H,3-9,12H2,1-2H3. The lowest BCUT2D eigenvalue weighted by molar-refractivity contribution is 0.199. The summed E-state index contributed by atoms with van der Waals surface area (Å²) in [5, 5.41) is 10.0. The summed E-state index contributed by atoms with van der Waals surface area (Å²) in [4.78, 5) is 0. The van der Waals surface area contributed by atoms with E-state index in [-0.39, 0.29) is 0 Å². The molecule has 2 nitrogen and oxygen atoms in total. The average Bonchev–Trinajstić information content (AvgIpc) is 2.43. The van der Waals surface area contributed by atoms with Crippen LogP contribution in [0.25, 0.3) is 0 Å². The number of aliphatic hydroxyl groups is 1. The number of benzene rings is 1. The van der Waals surface area contributed by atoms with E-state index >= 15 is 0 Å². The van der Waals surface area contributed by atoms with Gasteiger partial charge in [0.15, 0.2) is 0 Å². The molecule has 3 heteroatoms. The lowest BCUT2D eigenvalue weighted by Gasteiger charge is -2.10. The quantitative estimate of drug-likeness (QED) is 0.576. The Hall–Kier alpha value is -0.730. The van der Waals surface area contributed by atoms with Crippen LogP contribution in [0.3, 0.4) is 0 Å². The van der Waals surface area contributed by atoms with Gasteiger partial charge in [-0.25, -0.2) is 0 Å². The molecule has 0 fully saturated rings. The van der Waals surface area contributed by atoms with Crippen molar-refractivity contribution in [3.8, 4) is 5.75 Å². The average molecular weight is 299 g/mol. The van der Waals surface area contributed by atoms with Gasteiger partial charge in [0, 0.05) is 0 Å². The van der Waals surface area contributed by atoms with E-state index < -0.39 is 6.10 Å². The molecule has 0 bridgehead atoms. The van der Waals surface area contributed by atoms with Crippen molar-refractivity contribution in [3.63, 3.8) is 0 Å². The van der Waals surface area contributed by atoms with E-state index in [2.05, 4.69) is 6.92 Å². The van der Waals surface area contributed by atoms with Gasteiger partial charge in [0.05, 0.1) is 17.7 Å². The molecule has 0 spiro atoms. The third kappa shape index (κ3) is 6.62. The zero-order chi connectivity index (χ0) is 14.8. The highest BCUT2D eigenvalue weighted by molar-refractivity contribution is 6.32. The summed E-state index contributed by atoms with van der Waals surface area (Å²) in [5.74, 6) is 0.710. The third-order valence-corrected chi connectivity index (χ3v) is 3.74. The zero-order valence-corrected chi connectivity index (χ0v) is 13.5. The van der Waals surface area contributed by atoms with Gasteiger partial charge in [0.25, 0.3) is 0 Å². The van der Waals surface area contributed by atoms with E-state index in [0.717, 1.165) is 12.0 Å². The smallest absolute Gasteiger partial charge is 0.137 e. The Morgan fingerprint density at radius 3 is 2.35 bits per heavy atom. The molecule has 0 saturated heterocycles. The number of hydrogen-bond acceptors (Lipinski definition) is 2. The molecule has 1 aromatic rings. The molecule has 1 N–H and O–H groups in total. The minimum Gasteiger partial charge on any atom is -0.492 e. The van der Waals surface area contributed by atoms with E-state index in [1.165, 1.54) is 38.5 Å². The first kappa shape index (κ1) is 17.3. The van der Waals surface area contributed by atoms with E-state index in [4.69, 9.17) is 16.3 Å². The van der Waals surface area contributed by atoms with Crippen molar-refractivity contribution >= 4 is 11.6 Å². The molecule has 0 aliphatic heterocycles. The van der Waals surface area contributed by atoms with Crippen molar-refractivity contribution in [3.05, 3.63) is 28.8 Å². The van der Waals surface area contributed by atoms with Gasteiger partial charge in [-0.1, -0.05) is 63.1 Å². The summed E-state index contributed by atoms with van der Waals surface area (Å²) in [7, 11) is 0. The molecular weight excluding hydrogens is 272 g/mol. The van der Waals surface area contributed by atoms with E-state index in [1.807, 2.05) is 12.1 Å². The monoisotopic (exact) mass is 298 g/mol. The van der Waals surface area contributed by atoms with E-state index in [0.29, 0.717) is 17.4 Å². The van der Waals surface area contributed by atoms with Crippen LogP contribution in [0.5, 0.6) is 5.75 Å². The Balaban J connectivity index is 2.19. The molecule has 20 heavy (non-hydrogen) atoms. The highest BCUT2D eigenvalue weighted by atomic mass is 35.5. The van der Waals surface area contributed by atoms with Crippen molar-refractivity contribution in [2.24, 2.45) is 0 Å². The van der Waals surface area contributed by atoms with Crippen LogP contribution in [-0.2, 0) is 0 Å². The van der Waals surface area contributed by atoms with E-state index in [9.17, 15) is 5.11 Å². The molecule has 0 amide bonds. The van der Waals surface area contributed by atoms with Crippen molar-refractivity contribution in [2.75, 3.05) is 6.61 Å². The topological polar surface area (TPSA) is 29.5 Å². The second kappa shape index (κ2) is 10.1. The second-order valence-electron chi connectivity index (χ2n) is 5.34. The molecule has 1 unspecified atom stereocenters. The Bertz CT molecular complexity index is 377. The number of hydrogen-bond donors (Lipinski definition) is 1. The van der Waals surface area contributed by atoms with Crippen LogP contribution in [-0.4, -0.2) is 11.7 Å². The number of ether oxygens (including phenoxy) is 1. The van der Waals surface area contributed by atoms with E-state index in [1.54, 1.807) is 13.0 Å². The first-order chi connectivity index (χ1) is 9.65.